The molecule has 0 bridgehead atoms. The molecule has 1 aliphatic rings. The lowest BCUT2D eigenvalue weighted by atomic mass is 9.82. The van der Waals surface area contributed by atoms with E-state index in [-0.39, 0.29) is 17.7 Å². The second-order valence-electron chi connectivity index (χ2n) is 7.44. The molecule has 1 aromatic heterocycles. The second kappa shape index (κ2) is 8.90. The van der Waals surface area contributed by atoms with Gasteiger partial charge in [0.25, 0.3) is 0 Å². The predicted octanol–water partition coefficient (Wildman–Crippen LogP) is 3.25. The Morgan fingerprint density at radius 2 is 1.96 bits per heavy atom. The SMILES string of the molecule is CC(C)C[C@@H](NC(=O)C1CCC(C)CC1)C(=O)NCc1ccco1. The molecule has 2 amide bonds. The Bertz CT molecular complexity index is 517. The van der Waals surface area contributed by atoms with Gasteiger partial charge in [-0.1, -0.05) is 20.8 Å². The number of hydrogen-bond donors (Lipinski definition) is 2. The van der Waals surface area contributed by atoms with E-state index in [9.17, 15) is 9.59 Å². The summed E-state index contributed by atoms with van der Waals surface area (Å²) in [6, 6.07) is 3.13. The normalized spacial score (nSPS) is 22.2. The first kappa shape index (κ1) is 18.6. The zero-order valence-corrected chi connectivity index (χ0v) is 15.0. The first-order chi connectivity index (χ1) is 11.5. The first-order valence-electron chi connectivity index (χ1n) is 9.06. The van der Waals surface area contributed by atoms with Gasteiger partial charge >= 0.3 is 0 Å². The van der Waals surface area contributed by atoms with Gasteiger partial charge in [-0.25, -0.2) is 0 Å². The van der Waals surface area contributed by atoms with Crippen molar-refractivity contribution >= 4 is 11.8 Å². The number of rotatable bonds is 7. The minimum atomic E-state index is -0.480. The van der Waals surface area contributed by atoms with Crippen LogP contribution in [0.3, 0.4) is 0 Å². The van der Waals surface area contributed by atoms with Crippen LogP contribution in [0.15, 0.2) is 22.8 Å². The smallest absolute Gasteiger partial charge is 0.242 e. The van der Waals surface area contributed by atoms with Crippen LogP contribution in [-0.4, -0.2) is 17.9 Å². The molecule has 0 aliphatic heterocycles. The number of furan rings is 1. The van der Waals surface area contributed by atoms with Gasteiger partial charge in [0, 0.05) is 5.92 Å². The Balaban J connectivity index is 1.89. The Kier molecular flexibility index (Phi) is 6.88. The lowest BCUT2D eigenvalue weighted by Gasteiger charge is -2.27. The predicted molar refractivity (Wildman–Crippen MR) is 93.1 cm³/mol. The molecular formula is C19H30N2O3. The van der Waals surface area contributed by atoms with Gasteiger partial charge in [-0.3, -0.25) is 9.59 Å². The molecule has 24 heavy (non-hydrogen) atoms. The lowest BCUT2D eigenvalue weighted by molar-refractivity contribution is -0.132. The van der Waals surface area contributed by atoms with Crippen molar-refractivity contribution in [3.05, 3.63) is 24.2 Å². The maximum atomic E-state index is 12.5. The van der Waals surface area contributed by atoms with Crippen LogP contribution in [0.5, 0.6) is 0 Å². The Morgan fingerprint density at radius 3 is 2.54 bits per heavy atom. The van der Waals surface area contributed by atoms with Crippen LogP contribution in [0.1, 0.15) is 58.6 Å². The highest BCUT2D eigenvalue weighted by Crippen LogP contribution is 2.28. The molecule has 2 rings (SSSR count). The molecule has 1 aromatic rings. The van der Waals surface area contributed by atoms with Crippen LogP contribution in [0.4, 0.5) is 0 Å². The van der Waals surface area contributed by atoms with Crippen LogP contribution in [-0.2, 0) is 16.1 Å². The maximum Gasteiger partial charge on any atom is 0.242 e. The maximum absolute atomic E-state index is 12.5. The highest BCUT2D eigenvalue weighted by atomic mass is 16.3. The highest BCUT2D eigenvalue weighted by Gasteiger charge is 2.28. The van der Waals surface area contributed by atoms with Gasteiger partial charge < -0.3 is 15.1 Å². The summed E-state index contributed by atoms with van der Waals surface area (Å²) >= 11 is 0. The van der Waals surface area contributed by atoms with Crippen molar-refractivity contribution in [2.24, 2.45) is 17.8 Å². The van der Waals surface area contributed by atoms with E-state index in [4.69, 9.17) is 4.42 Å². The summed E-state index contributed by atoms with van der Waals surface area (Å²) in [5, 5.41) is 5.84. The third-order valence-electron chi connectivity index (χ3n) is 4.74. The number of nitrogens with one attached hydrogen (secondary N) is 2. The molecule has 1 heterocycles. The van der Waals surface area contributed by atoms with E-state index in [0.29, 0.717) is 30.6 Å². The third-order valence-corrected chi connectivity index (χ3v) is 4.74. The summed E-state index contributed by atoms with van der Waals surface area (Å²) in [5.74, 6) is 1.68. The zero-order valence-electron chi connectivity index (χ0n) is 15.0. The van der Waals surface area contributed by atoms with Gasteiger partial charge in [-0.05, 0) is 56.1 Å². The average molecular weight is 334 g/mol. The Hall–Kier alpha value is -1.78. The fraction of sp³-hybridized carbons (Fsp3) is 0.684. The molecule has 5 nitrogen and oxygen atoms in total. The number of amides is 2. The summed E-state index contributed by atoms with van der Waals surface area (Å²) in [6.07, 6.45) is 6.26. The van der Waals surface area contributed by atoms with Gasteiger partial charge in [-0.2, -0.15) is 0 Å². The largest absolute Gasteiger partial charge is 0.467 e. The molecule has 0 unspecified atom stereocenters. The van der Waals surface area contributed by atoms with E-state index < -0.39 is 6.04 Å². The number of hydrogen-bond acceptors (Lipinski definition) is 3. The summed E-state index contributed by atoms with van der Waals surface area (Å²) in [5.41, 5.74) is 0. The van der Waals surface area contributed by atoms with E-state index in [1.807, 2.05) is 6.07 Å². The van der Waals surface area contributed by atoms with E-state index in [2.05, 4.69) is 31.4 Å². The Labute approximate surface area is 144 Å². The minimum absolute atomic E-state index is 0.0284. The van der Waals surface area contributed by atoms with Crippen LogP contribution in [0.25, 0.3) is 0 Å². The molecule has 0 aromatic carbocycles. The summed E-state index contributed by atoms with van der Waals surface area (Å²) < 4.78 is 5.23. The van der Waals surface area contributed by atoms with Crippen molar-refractivity contribution < 1.29 is 14.0 Å². The molecule has 0 radical (unpaired) electrons. The molecular weight excluding hydrogens is 304 g/mol. The van der Waals surface area contributed by atoms with Crippen molar-refractivity contribution in [3.8, 4) is 0 Å². The number of carbonyl (C=O) groups is 2. The van der Waals surface area contributed by atoms with Gasteiger partial charge in [0.1, 0.15) is 11.8 Å². The molecule has 1 aliphatic carbocycles. The van der Waals surface area contributed by atoms with Crippen molar-refractivity contribution in [2.75, 3.05) is 0 Å². The van der Waals surface area contributed by atoms with Crippen LogP contribution >= 0.6 is 0 Å². The molecule has 5 heteroatoms. The topological polar surface area (TPSA) is 71.3 Å². The standard InChI is InChI=1S/C19H30N2O3/c1-13(2)11-17(19(23)20-12-16-5-4-10-24-16)21-18(22)15-8-6-14(3)7-9-15/h4-5,10,13-15,17H,6-9,11-12H2,1-3H3,(H,20,23)(H,21,22)/t14?,15?,17-/m1/s1. The van der Waals surface area contributed by atoms with Gasteiger partial charge in [0.05, 0.1) is 12.8 Å². The minimum Gasteiger partial charge on any atom is -0.467 e. The third kappa shape index (κ3) is 5.69. The Morgan fingerprint density at radius 1 is 1.25 bits per heavy atom. The van der Waals surface area contributed by atoms with Crippen LogP contribution in [0, 0.1) is 17.8 Å². The average Bonchev–Trinajstić information content (AvgIpc) is 3.05. The summed E-state index contributed by atoms with van der Waals surface area (Å²) in [4.78, 5) is 25.0. The highest BCUT2D eigenvalue weighted by molar-refractivity contribution is 5.88. The second-order valence-corrected chi connectivity index (χ2v) is 7.44. The molecule has 0 saturated heterocycles. The summed E-state index contributed by atoms with van der Waals surface area (Å²) in [7, 11) is 0. The molecule has 134 valence electrons. The number of carbonyl (C=O) groups excluding carboxylic acids is 2. The van der Waals surface area contributed by atoms with Gasteiger partial charge in [0.15, 0.2) is 0 Å². The molecule has 1 saturated carbocycles. The van der Waals surface area contributed by atoms with Gasteiger partial charge in [0.2, 0.25) is 11.8 Å². The summed E-state index contributed by atoms with van der Waals surface area (Å²) in [6.45, 7) is 6.69. The van der Waals surface area contributed by atoms with Crippen molar-refractivity contribution in [1.82, 2.24) is 10.6 Å². The van der Waals surface area contributed by atoms with Crippen LogP contribution < -0.4 is 10.6 Å². The fourth-order valence-corrected chi connectivity index (χ4v) is 3.23. The molecule has 1 atom stereocenters. The fourth-order valence-electron chi connectivity index (χ4n) is 3.23. The van der Waals surface area contributed by atoms with Crippen molar-refractivity contribution in [2.45, 2.75) is 65.5 Å². The van der Waals surface area contributed by atoms with E-state index in [0.717, 1.165) is 25.7 Å². The van der Waals surface area contributed by atoms with Crippen molar-refractivity contribution in [3.63, 3.8) is 0 Å². The quantitative estimate of drug-likeness (QED) is 0.804. The zero-order chi connectivity index (χ0) is 17.5. The lowest BCUT2D eigenvalue weighted by Crippen LogP contribution is -2.49. The van der Waals surface area contributed by atoms with Crippen molar-refractivity contribution in [1.29, 1.82) is 0 Å². The monoisotopic (exact) mass is 334 g/mol. The first-order valence-corrected chi connectivity index (χ1v) is 9.06. The van der Waals surface area contributed by atoms with E-state index in [1.165, 1.54) is 0 Å². The van der Waals surface area contributed by atoms with Crippen LogP contribution in [0.2, 0.25) is 0 Å². The molecule has 1 fully saturated rings. The molecule has 0 spiro atoms. The van der Waals surface area contributed by atoms with E-state index >= 15 is 0 Å². The van der Waals surface area contributed by atoms with E-state index in [1.54, 1.807) is 12.3 Å². The van der Waals surface area contributed by atoms with Gasteiger partial charge in [-0.15, -0.1) is 0 Å². The molecule has 2 N–H and O–H groups in total.